The molecular weight excluding hydrogens is 360 g/mol. The summed E-state index contributed by atoms with van der Waals surface area (Å²) in [6, 6.07) is -1.20. The Morgan fingerprint density at radius 3 is 3.00 bits per heavy atom. The molecule has 1 aromatic rings. The smallest absolute Gasteiger partial charge is 0.337 e. The second-order valence-corrected chi connectivity index (χ2v) is 6.79. The summed E-state index contributed by atoms with van der Waals surface area (Å²) in [5.41, 5.74) is 0.973. The minimum atomic E-state index is -0.956. The van der Waals surface area contributed by atoms with Crippen LogP contribution in [0.4, 0.5) is 0 Å². The molecule has 2 aliphatic rings. The molecule has 2 unspecified atom stereocenters. The number of amidine groups is 1. The second-order valence-electron chi connectivity index (χ2n) is 5.90. The first kappa shape index (κ1) is 18.5. The standard InChI is InChI=1S/C16H20N4O5S/c1-9-12(16(23)24-2)10(19-13(18-9)14-17-3-6-26-14)7-20-4-5-25-8-11(20)15(21)22/h3,6,9,11H,4-5,7-8H2,1-2H3,(H,18,19)(H,21,22). The van der Waals surface area contributed by atoms with E-state index in [1.165, 1.54) is 18.4 Å². The van der Waals surface area contributed by atoms with Gasteiger partial charge in [-0.1, -0.05) is 0 Å². The van der Waals surface area contributed by atoms with Crippen molar-refractivity contribution in [3.63, 3.8) is 0 Å². The van der Waals surface area contributed by atoms with E-state index in [1.807, 2.05) is 5.38 Å². The molecule has 9 nitrogen and oxygen atoms in total. The number of aromatic nitrogens is 1. The first-order valence-electron chi connectivity index (χ1n) is 8.12. The van der Waals surface area contributed by atoms with Gasteiger partial charge in [-0.15, -0.1) is 11.3 Å². The van der Waals surface area contributed by atoms with E-state index in [0.717, 1.165) is 0 Å². The second kappa shape index (κ2) is 7.94. The molecule has 2 aliphatic heterocycles. The van der Waals surface area contributed by atoms with E-state index < -0.39 is 24.0 Å². The minimum absolute atomic E-state index is 0.110. The van der Waals surface area contributed by atoms with E-state index in [1.54, 1.807) is 18.0 Å². The van der Waals surface area contributed by atoms with E-state index in [9.17, 15) is 14.7 Å². The van der Waals surface area contributed by atoms with Gasteiger partial charge in [-0.2, -0.15) is 0 Å². The summed E-state index contributed by atoms with van der Waals surface area (Å²) in [4.78, 5) is 34.3. The molecule has 1 saturated heterocycles. The van der Waals surface area contributed by atoms with Crippen LogP contribution in [0.3, 0.4) is 0 Å². The maximum atomic E-state index is 12.3. The Balaban J connectivity index is 1.90. The Bertz CT molecular complexity index is 746. The molecule has 140 valence electrons. The summed E-state index contributed by atoms with van der Waals surface area (Å²) < 4.78 is 10.2. The van der Waals surface area contributed by atoms with Crippen molar-refractivity contribution in [2.45, 2.75) is 19.0 Å². The summed E-state index contributed by atoms with van der Waals surface area (Å²) >= 11 is 1.43. The number of hydrogen-bond acceptors (Lipinski definition) is 9. The summed E-state index contributed by atoms with van der Waals surface area (Å²) in [7, 11) is 1.31. The summed E-state index contributed by atoms with van der Waals surface area (Å²) in [6.45, 7) is 3.05. The third-order valence-electron chi connectivity index (χ3n) is 4.26. The van der Waals surface area contributed by atoms with Gasteiger partial charge in [-0.25, -0.2) is 9.78 Å². The highest BCUT2D eigenvalue weighted by atomic mass is 32.1. The monoisotopic (exact) mass is 380 g/mol. The Morgan fingerprint density at radius 2 is 2.35 bits per heavy atom. The molecule has 0 aliphatic carbocycles. The van der Waals surface area contributed by atoms with Gasteiger partial charge in [0, 0.05) is 30.4 Å². The number of carboxylic acid groups (broad SMARTS) is 1. The fraction of sp³-hybridized carbons (Fsp3) is 0.500. The van der Waals surface area contributed by atoms with E-state index in [2.05, 4.69) is 15.3 Å². The number of hydrogen-bond donors (Lipinski definition) is 2. The maximum Gasteiger partial charge on any atom is 0.337 e. The number of aliphatic carboxylic acids is 1. The molecule has 2 N–H and O–H groups in total. The van der Waals surface area contributed by atoms with Crippen molar-refractivity contribution in [1.29, 1.82) is 0 Å². The van der Waals surface area contributed by atoms with Gasteiger partial charge >= 0.3 is 11.9 Å². The van der Waals surface area contributed by atoms with Gasteiger partial charge < -0.3 is 19.9 Å². The molecule has 1 aromatic heterocycles. The SMILES string of the molecule is COC(=O)C1=C(CN2CCOCC2C(=O)O)NC(c2nccs2)=NC1C. The minimum Gasteiger partial charge on any atom is -0.480 e. The number of carbonyl (C=O) groups excluding carboxylic acids is 1. The van der Waals surface area contributed by atoms with Crippen molar-refractivity contribution >= 4 is 29.1 Å². The van der Waals surface area contributed by atoms with Crippen molar-refractivity contribution < 1.29 is 24.2 Å². The van der Waals surface area contributed by atoms with Gasteiger partial charge in [0.2, 0.25) is 0 Å². The van der Waals surface area contributed by atoms with Gasteiger partial charge in [-0.3, -0.25) is 14.7 Å². The lowest BCUT2D eigenvalue weighted by atomic mass is 10.0. The van der Waals surface area contributed by atoms with Crippen LogP contribution in [-0.4, -0.2) is 78.3 Å². The van der Waals surface area contributed by atoms with E-state index in [4.69, 9.17) is 9.47 Å². The van der Waals surface area contributed by atoms with Crippen LogP contribution in [0, 0.1) is 0 Å². The molecule has 0 bridgehead atoms. The number of rotatable bonds is 5. The van der Waals surface area contributed by atoms with Crippen molar-refractivity contribution in [2.24, 2.45) is 4.99 Å². The van der Waals surface area contributed by atoms with Gasteiger partial charge in [0.15, 0.2) is 10.8 Å². The van der Waals surface area contributed by atoms with Crippen LogP contribution in [0.2, 0.25) is 0 Å². The molecule has 0 aromatic carbocycles. The van der Waals surface area contributed by atoms with Crippen LogP contribution in [0.15, 0.2) is 27.8 Å². The van der Waals surface area contributed by atoms with Gasteiger partial charge in [0.05, 0.1) is 31.9 Å². The predicted octanol–water partition coefficient (Wildman–Crippen LogP) is 0.0939. The van der Waals surface area contributed by atoms with Gasteiger partial charge in [0.25, 0.3) is 0 Å². The maximum absolute atomic E-state index is 12.3. The first-order chi connectivity index (χ1) is 12.5. The highest BCUT2D eigenvalue weighted by Gasteiger charge is 2.34. The van der Waals surface area contributed by atoms with Crippen LogP contribution in [0.5, 0.6) is 0 Å². The third kappa shape index (κ3) is 3.76. The molecule has 26 heavy (non-hydrogen) atoms. The third-order valence-corrected chi connectivity index (χ3v) is 5.04. The average Bonchev–Trinajstić information content (AvgIpc) is 3.16. The number of carbonyl (C=O) groups is 2. The van der Waals surface area contributed by atoms with Crippen LogP contribution >= 0.6 is 11.3 Å². The zero-order valence-corrected chi connectivity index (χ0v) is 15.3. The largest absolute Gasteiger partial charge is 0.480 e. The molecule has 0 saturated carbocycles. The van der Waals surface area contributed by atoms with E-state index >= 15 is 0 Å². The molecule has 1 fully saturated rings. The number of ether oxygens (including phenoxy) is 2. The number of nitrogens with one attached hydrogen (secondary N) is 1. The molecule has 3 rings (SSSR count). The molecule has 0 spiro atoms. The highest BCUT2D eigenvalue weighted by molar-refractivity contribution is 7.11. The van der Waals surface area contributed by atoms with Gasteiger partial charge in [-0.05, 0) is 6.92 Å². The molecule has 2 atom stereocenters. The topological polar surface area (TPSA) is 113 Å². The Kier molecular flexibility index (Phi) is 5.64. The lowest BCUT2D eigenvalue weighted by Gasteiger charge is -2.35. The summed E-state index contributed by atoms with van der Waals surface area (Å²) in [5, 5.41) is 15.1. The molecular formula is C16H20N4O5S. The summed E-state index contributed by atoms with van der Waals surface area (Å²) in [5.74, 6) is -0.875. The number of carboxylic acids is 1. The van der Waals surface area contributed by atoms with Crippen molar-refractivity contribution in [2.75, 3.05) is 33.4 Å². The number of methoxy groups -OCH3 is 1. The van der Waals surface area contributed by atoms with Crippen LogP contribution in [-0.2, 0) is 19.1 Å². The zero-order valence-electron chi connectivity index (χ0n) is 14.5. The number of aliphatic imine (C=N–C) groups is 1. The Labute approximate surface area is 154 Å². The lowest BCUT2D eigenvalue weighted by Crippen LogP contribution is -2.52. The van der Waals surface area contributed by atoms with Crippen LogP contribution < -0.4 is 5.32 Å². The molecule has 0 radical (unpaired) electrons. The van der Waals surface area contributed by atoms with Crippen LogP contribution in [0.25, 0.3) is 0 Å². The normalized spacial score (nSPS) is 24.0. The highest BCUT2D eigenvalue weighted by Crippen LogP contribution is 2.22. The van der Waals surface area contributed by atoms with Gasteiger partial charge in [0.1, 0.15) is 6.04 Å². The fourth-order valence-electron chi connectivity index (χ4n) is 2.99. The van der Waals surface area contributed by atoms with E-state index in [0.29, 0.717) is 35.3 Å². The van der Waals surface area contributed by atoms with Crippen molar-refractivity contribution in [3.8, 4) is 0 Å². The first-order valence-corrected chi connectivity index (χ1v) is 9.00. The molecule has 0 amide bonds. The average molecular weight is 380 g/mol. The summed E-state index contributed by atoms with van der Waals surface area (Å²) in [6.07, 6.45) is 1.68. The predicted molar refractivity (Wildman–Crippen MR) is 94.1 cm³/mol. The van der Waals surface area contributed by atoms with Crippen molar-refractivity contribution in [1.82, 2.24) is 15.2 Å². The van der Waals surface area contributed by atoms with E-state index in [-0.39, 0.29) is 13.2 Å². The molecule has 10 heteroatoms. The number of nitrogens with zero attached hydrogens (tertiary/aromatic N) is 3. The number of thiazole rings is 1. The molecule has 3 heterocycles. The number of esters is 1. The lowest BCUT2D eigenvalue weighted by molar-refractivity contribution is -0.149. The Hall–Kier alpha value is -2.30. The van der Waals surface area contributed by atoms with Crippen LogP contribution in [0.1, 0.15) is 11.9 Å². The quantitative estimate of drug-likeness (QED) is 0.691. The number of morpholine rings is 1. The zero-order chi connectivity index (χ0) is 18.7. The Morgan fingerprint density at radius 1 is 1.54 bits per heavy atom. The fourth-order valence-corrected chi connectivity index (χ4v) is 3.58. The van der Waals surface area contributed by atoms with Crippen molar-refractivity contribution in [3.05, 3.63) is 27.9 Å².